The molecule has 0 aliphatic rings. The normalized spacial score (nSPS) is 9.81. The lowest BCUT2D eigenvalue weighted by Gasteiger charge is -2.02. The first-order valence-corrected chi connectivity index (χ1v) is 5.66. The molecule has 0 atom stereocenters. The number of thiophene rings is 1. The van der Waals surface area contributed by atoms with Crippen LogP contribution in [0, 0.1) is 0 Å². The molecule has 0 aliphatic carbocycles. The van der Waals surface area contributed by atoms with Crippen molar-refractivity contribution in [1.82, 2.24) is 5.32 Å². The fraction of sp³-hybridized carbons (Fsp3) is 0.400. The third-order valence-corrected chi connectivity index (χ3v) is 2.78. The minimum Gasteiger partial charge on any atom is -0.493 e. The maximum Gasteiger partial charge on any atom is 0.346 e. The Labute approximate surface area is 97.0 Å². The second-order valence-corrected chi connectivity index (χ2v) is 3.99. The van der Waals surface area contributed by atoms with Gasteiger partial charge in [-0.15, -0.1) is 11.3 Å². The monoisotopic (exact) mass is 243 g/mol. The maximum absolute atomic E-state index is 10.9. The molecule has 0 spiro atoms. The van der Waals surface area contributed by atoms with Crippen LogP contribution >= 0.6 is 11.3 Å². The topological polar surface area (TPSA) is 75.6 Å². The van der Waals surface area contributed by atoms with Gasteiger partial charge in [0.1, 0.15) is 10.6 Å². The number of hydrogen-bond donors (Lipinski definition) is 2. The van der Waals surface area contributed by atoms with Crippen molar-refractivity contribution in [1.29, 1.82) is 0 Å². The van der Waals surface area contributed by atoms with E-state index in [0.29, 0.717) is 25.2 Å². The molecule has 88 valence electrons. The van der Waals surface area contributed by atoms with Crippen molar-refractivity contribution in [2.45, 2.75) is 12.8 Å². The highest BCUT2D eigenvalue weighted by Crippen LogP contribution is 2.21. The Hall–Kier alpha value is -1.56. The SMILES string of the molecule is CNC(=O)CCCOc1csc(C(=O)O)c1. The average molecular weight is 243 g/mol. The summed E-state index contributed by atoms with van der Waals surface area (Å²) in [4.78, 5) is 21.7. The minimum absolute atomic E-state index is 0.0276. The van der Waals surface area contributed by atoms with Crippen molar-refractivity contribution in [3.8, 4) is 5.75 Å². The molecule has 0 saturated heterocycles. The van der Waals surface area contributed by atoms with E-state index >= 15 is 0 Å². The van der Waals surface area contributed by atoms with Crippen LogP contribution in [0.5, 0.6) is 5.75 Å². The Morgan fingerprint density at radius 1 is 1.56 bits per heavy atom. The highest BCUT2D eigenvalue weighted by atomic mass is 32.1. The molecule has 1 amide bonds. The van der Waals surface area contributed by atoms with Crippen LogP contribution in [0.15, 0.2) is 11.4 Å². The van der Waals surface area contributed by atoms with E-state index < -0.39 is 5.97 Å². The minimum atomic E-state index is -0.954. The number of amides is 1. The van der Waals surface area contributed by atoms with E-state index in [9.17, 15) is 9.59 Å². The van der Waals surface area contributed by atoms with Gasteiger partial charge >= 0.3 is 5.97 Å². The van der Waals surface area contributed by atoms with Crippen molar-refractivity contribution < 1.29 is 19.4 Å². The molecule has 1 rings (SSSR count). The first-order valence-electron chi connectivity index (χ1n) is 4.78. The molecule has 0 fully saturated rings. The lowest BCUT2D eigenvalue weighted by atomic mass is 10.3. The number of carboxylic acids is 1. The molecule has 0 radical (unpaired) electrons. The molecular formula is C10H13NO4S. The number of ether oxygens (including phenoxy) is 1. The molecule has 0 bridgehead atoms. The van der Waals surface area contributed by atoms with Crippen molar-refractivity contribution in [2.75, 3.05) is 13.7 Å². The van der Waals surface area contributed by atoms with Gasteiger partial charge in [0.2, 0.25) is 5.91 Å². The molecular weight excluding hydrogens is 230 g/mol. The van der Waals surface area contributed by atoms with Crippen LogP contribution in [-0.2, 0) is 4.79 Å². The summed E-state index contributed by atoms with van der Waals surface area (Å²) in [5.74, 6) is -0.440. The Morgan fingerprint density at radius 3 is 2.88 bits per heavy atom. The van der Waals surface area contributed by atoms with E-state index in [4.69, 9.17) is 9.84 Å². The molecule has 1 aromatic rings. The highest BCUT2D eigenvalue weighted by Gasteiger charge is 2.07. The van der Waals surface area contributed by atoms with Gasteiger partial charge in [0.25, 0.3) is 0 Å². The smallest absolute Gasteiger partial charge is 0.346 e. The molecule has 1 aromatic heterocycles. The van der Waals surface area contributed by atoms with Gasteiger partial charge in [-0.2, -0.15) is 0 Å². The molecule has 0 unspecified atom stereocenters. The van der Waals surface area contributed by atoms with Gasteiger partial charge in [-0.05, 0) is 6.42 Å². The average Bonchev–Trinajstić information content (AvgIpc) is 2.72. The third-order valence-electron chi connectivity index (χ3n) is 1.88. The number of rotatable bonds is 6. The largest absolute Gasteiger partial charge is 0.493 e. The molecule has 5 nitrogen and oxygen atoms in total. The number of carbonyl (C=O) groups is 2. The third kappa shape index (κ3) is 3.90. The Bertz CT molecular complexity index is 375. The molecule has 0 saturated carbocycles. The summed E-state index contributed by atoms with van der Waals surface area (Å²) in [5, 5.41) is 12.8. The van der Waals surface area contributed by atoms with Gasteiger partial charge in [-0.3, -0.25) is 4.79 Å². The molecule has 6 heteroatoms. The van der Waals surface area contributed by atoms with Crippen LogP contribution in [-0.4, -0.2) is 30.6 Å². The Morgan fingerprint density at radius 2 is 2.31 bits per heavy atom. The second kappa shape index (κ2) is 6.12. The zero-order valence-corrected chi connectivity index (χ0v) is 9.67. The first-order chi connectivity index (χ1) is 7.63. The van der Waals surface area contributed by atoms with E-state index in [1.54, 1.807) is 12.4 Å². The lowest BCUT2D eigenvalue weighted by molar-refractivity contribution is -0.120. The van der Waals surface area contributed by atoms with E-state index in [1.165, 1.54) is 6.07 Å². The molecule has 1 heterocycles. The number of aromatic carboxylic acids is 1. The van der Waals surface area contributed by atoms with Crippen LogP contribution < -0.4 is 10.1 Å². The second-order valence-electron chi connectivity index (χ2n) is 3.08. The van der Waals surface area contributed by atoms with Crippen LogP contribution in [0.25, 0.3) is 0 Å². The predicted octanol–water partition coefficient (Wildman–Crippen LogP) is 1.35. The first kappa shape index (κ1) is 12.5. The summed E-state index contributed by atoms with van der Waals surface area (Å²) in [6.07, 6.45) is 1.02. The summed E-state index contributed by atoms with van der Waals surface area (Å²) in [5.41, 5.74) is 0. The van der Waals surface area contributed by atoms with Crippen LogP contribution in [0.1, 0.15) is 22.5 Å². The zero-order chi connectivity index (χ0) is 12.0. The fourth-order valence-corrected chi connectivity index (χ4v) is 1.72. The van der Waals surface area contributed by atoms with E-state index in [-0.39, 0.29) is 10.8 Å². The molecule has 0 aliphatic heterocycles. The lowest BCUT2D eigenvalue weighted by Crippen LogP contribution is -2.18. The molecule has 0 aromatic carbocycles. The molecule has 16 heavy (non-hydrogen) atoms. The fourth-order valence-electron chi connectivity index (χ4n) is 1.05. The van der Waals surface area contributed by atoms with Gasteiger partial charge in [-0.1, -0.05) is 0 Å². The Kier molecular flexibility index (Phi) is 4.78. The zero-order valence-electron chi connectivity index (χ0n) is 8.86. The Balaban J connectivity index is 2.27. The predicted molar refractivity (Wildman–Crippen MR) is 60.1 cm³/mol. The van der Waals surface area contributed by atoms with E-state index in [1.807, 2.05) is 0 Å². The van der Waals surface area contributed by atoms with Crippen LogP contribution in [0.2, 0.25) is 0 Å². The highest BCUT2D eigenvalue weighted by molar-refractivity contribution is 7.12. The summed E-state index contributed by atoms with van der Waals surface area (Å²) >= 11 is 1.12. The van der Waals surface area contributed by atoms with Gasteiger partial charge < -0.3 is 15.2 Å². The number of nitrogens with one attached hydrogen (secondary N) is 1. The summed E-state index contributed by atoms with van der Waals surface area (Å²) in [6, 6.07) is 1.48. The number of carbonyl (C=O) groups excluding carboxylic acids is 1. The van der Waals surface area contributed by atoms with E-state index in [0.717, 1.165) is 11.3 Å². The van der Waals surface area contributed by atoms with Gasteiger partial charge in [0, 0.05) is 24.9 Å². The van der Waals surface area contributed by atoms with Crippen molar-refractivity contribution >= 4 is 23.2 Å². The van der Waals surface area contributed by atoms with Crippen molar-refractivity contribution in [3.05, 3.63) is 16.3 Å². The standard InChI is InChI=1S/C10H13NO4S/c1-11-9(12)3-2-4-15-7-5-8(10(13)14)16-6-7/h5-6H,2-4H2,1H3,(H,11,12)(H,13,14). The summed E-state index contributed by atoms with van der Waals surface area (Å²) < 4.78 is 5.30. The van der Waals surface area contributed by atoms with Crippen LogP contribution in [0.3, 0.4) is 0 Å². The van der Waals surface area contributed by atoms with E-state index in [2.05, 4.69) is 5.32 Å². The molecule has 2 N–H and O–H groups in total. The number of carboxylic acid groups (broad SMARTS) is 1. The summed E-state index contributed by atoms with van der Waals surface area (Å²) in [6.45, 7) is 0.406. The van der Waals surface area contributed by atoms with Gasteiger partial charge in [0.05, 0.1) is 6.61 Å². The number of hydrogen-bond acceptors (Lipinski definition) is 4. The maximum atomic E-state index is 10.9. The van der Waals surface area contributed by atoms with Gasteiger partial charge in [0.15, 0.2) is 0 Å². The summed E-state index contributed by atoms with van der Waals surface area (Å²) in [7, 11) is 1.58. The van der Waals surface area contributed by atoms with Gasteiger partial charge in [-0.25, -0.2) is 4.79 Å². The van der Waals surface area contributed by atoms with Crippen molar-refractivity contribution in [3.63, 3.8) is 0 Å². The quantitative estimate of drug-likeness (QED) is 0.739. The van der Waals surface area contributed by atoms with Crippen LogP contribution in [0.4, 0.5) is 0 Å². The van der Waals surface area contributed by atoms with Crippen molar-refractivity contribution in [2.24, 2.45) is 0 Å².